The number of ether oxygens (including phenoxy) is 2. The van der Waals surface area contributed by atoms with Gasteiger partial charge in [0, 0.05) is 18.7 Å². The van der Waals surface area contributed by atoms with Crippen molar-refractivity contribution in [2.45, 2.75) is 39.8 Å². The normalized spacial score (nSPS) is 17.6. The van der Waals surface area contributed by atoms with Crippen LogP contribution in [0.4, 0.5) is 0 Å². The Bertz CT molecular complexity index is 1020. The van der Waals surface area contributed by atoms with Crippen LogP contribution in [0.15, 0.2) is 54.1 Å². The molecule has 1 fully saturated rings. The summed E-state index contributed by atoms with van der Waals surface area (Å²) in [5.41, 5.74) is 1.28. The number of Topliss-reactive ketones (excluding diaryl/α,β-unsaturated/α-hetero) is 1. The van der Waals surface area contributed by atoms with Gasteiger partial charge >= 0.3 is 0 Å². The maximum Gasteiger partial charge on any atom is 0.295 e. The van der Waals surface area contributed by atoms with Crippen LogP contribution in [-0.2, 0) is 9.59 Å². The van der Waals surface area contributed by atoms with Crippen LogP contribution in [0.5, 0.6) is 11.5 Å². The molecule has 7 heteroatoms. The van der Waals surface area contributed by atoms with Gasteiger partial charge < -0.3 is 24.4 Å². The fourth-order valence-electron chi connectivity index (χ4n) is 4.15. The summed E-state index contributed by atoms with van der Waals surface area (Å²) < 4.78 is 10.9. The maximum atomic E-state index is 13.2. The first-order valence-electron chi connectivity index (χ1n) is 11.7. The Kier molecular flexibility index (Phi) is 8.34. The smallest absolute Gasteiger partial charge is 0.295 e. The molecule has 1 amide bonds. The lowest BCUT2D eigenvalue weighted by atomic mass is 9.95. The van der Waals surface area contributed by atoms with Crippen LogP contribution in [0.3, 0.4) is 0 Å². The summed E-state index contributed by atoms with van der Waals surface area (Å²) in [5, 5.41) is 11.2. The van der Waals surface area contributed by atoms with E-state index in [1.807, 2.05) is 38.1 Å². The molecule has 1 atom stereocenters. The van der Waals surface area contributed by atoms with Gasteiger partial charge in [0.1, 0.15) is 17.3 Å². The van der Waals surface area contributed by atoms with E-state index in [0.29, 0.717) is 30.2 Å². The number of rotatable bonds is 10. The van der Waals surface area contributed by atoms with Crippen molar-refractivity contribution in [3.05, 3.63) is 65.2 Å². The van der Waals surface area contributed by atoms with Crippen molar-refractivity contribution in [3.63, 3.8) is 0 Å². The average molecular weight is 467 g/mol. The van der Waals surface area contributed by atoms with E-state index in [-0.39, 0.29) is 17.4 Å². The molecule has 34 heavy (non-hydrogen) atoms. The molecular formula is C27H34N2O5. The molecule has 0 bridgehead atoms. The Balaban J connectivity index is 2.06. The number of likely N-dealkylation sites (N-methyl/N-ethyl adjacent to an activating group) is 1. The molecule has 0 unspecified atom stereocenters. The number of methoxy groups -OCH3 is 1. The summed E-state index contributed by atoms with van der Waals surface area (Å²) in [7, 11) is 1.56. The Morgan fingerprint density at radius 1 is 1.00 bits per heavy atom. The van der Waals surface area contributed by atoms with Gasteiger partial charge in [-0.05, 0) is 68.9 Å². The zero-order valence-corrected chi connectivity index (χ0v) is 20.6. The summed E-state index contributed by atoms with van der Waals surface area (Å²) >= 11 is 0. The zero-order chi connectivity index (χ0) is 24.8. The Morgan fingerprint density at radius 3 is 2.12 bits per heavy atom. The average Bonchev–Trinajstić information content (AvgIpc) is 3.09. The summed E-state index contributed by atoms with van der Waals surface area (Å²) in [4.78, 5) is 30.0. The summed E-state index contributed by atoms with van der Waals surface area (Å²) in [5.74, 6) is -0.142. The predicted octanol–water partition coefficient (Wildman–Crippen LogP) is 4.25. The minimum atomic E-state index is -0.689. The molecule has 0 radical (unpaired) electrons. The number of hydrogen-bond acceptors (Lipinski definition) is 6. The van der Waals surface area contributed by atoms with Gasteiger partial charge in [0.2, 0.25) is 0 Å². The fourth-order valence-corrected chi connectivity index (χ4v) is 4.15. The van der Waals surface area contributed by atoms with E-state index in [2.05, 4.69) is 18.7 Å². The SMILES string of the molecule is CCN(CC)CCN1C(=O)C(=O)C(=C(O)c2ccc(OC)cc2)[C@H]1c1ccc(OC(C)C)cc1. The number of aliphatic hydroxyl groups excluding tert-OH is 1. The second kappa shape index (κ2) is 11.2. The molecule has 7 nitrogen and oxygen atoms in total. The minimum Gasteiger partial charge on any atom is -0.507 e. The van der Waals surface area contributed by atoms with E-state index < -0.39 is 17.7 Å². The molecule has 0 spiro atoms. The molecule has 1 saturated heterocycles. The number of benzene rings is 2. The standard InChI is InChI=1S/C27H34N2O5/c1-6-28(7-2)16-17-29-24(19-8-14-22(15-9-19)34-18(3)4)23(26(31)27(29)32)25(30)20-10-12-21(33-5)13-11-20/h8-15,18,24,30H,6-7,16-17H2,1-5H3/t24-/m1/s1. The van der Waals surface area contributed by atoms with Crippen molar-refractivity contribution < 1.29 is 24.2 Å². The van der Waals surface area contributed by atoms with Crippen molar-refractivity contribution >= 4 is 17.4 Å². The van der Waals surface area contributed by atoms with Gasteiger partial charge in [0.05, 0.1) is 24.8 Å². The first-order chi connectivity index (χ1) is 16.3. The van der Waals surface area contributed by atoms with E-state index in [9.17, 15) is 14.7 Å². The topological polar surface area (TPSA) is 79.3 Å². The number of aliphatic hydroxyl groups is 1. The third kappa shape index (κ3) is 5.42. The predicted molar refractivity (Wildman–Crippen MR) is 132 cm³/mol. The largest absolute Gasteiger partial charge is 0.507 e. The number of carbonyl (C=O) groups is 2. The van der Waals surface area contributed by atoms with E-state index in [4.69, 9.17) is 9.47 Å². The van der Waals surface area contributed by atoms with Crippen molar-refractivity contribution in [1.29, 1.82) is 0 Å². The van der Waals surface area contributed by atoms with Crippen LogP contribution >= 0.6 is 0 Å². The lowest BCUT2D eigenvalue weighted by molar-refractivity contribution is -0.140. The van der Waals surface area contributed by atoms with Gasteiger partial charge in [-0.25, -0.2) is 0 Å². The van der Waals surface area contributed by atoms with Gasteiger partial charge in [-0.3, -0.25) is 9.59 Å². The van der Waals surface area contributed by atoms with Crippen LogP contribution in [0.2, 0.25) is 0 Å². The molecule has 2 aromatic carbocycles. The summed E-state index contributed by atoms with van der Waals surface area (Å²) in [6, 6.07) is 13.4. The quantitative estimate of drug-likeness (QED) is 0.320. The molecule has 182 valence electrons. The van der Waals surface area contributed by atoms with Gasteiger partial charge in [-0.1, -0.05) is 26.0 Å². The minimum absolute atomic E-state index is 0.0284. The highest BCUT2D eigenvalue weighted by molar-refractivity contribution is 6.46. The Morgan fingerprint density at radius 2 is 1.59 bits per heavy atom. The van der Waals surface area contributed by atoms with Crippen molar-refractivity contribution in [2.75, 3.05) is 33.3 Å². The highest BCUT2D eigenvalue weighted by atomic mass is 16.5. The number of carbonyl (C=O) groups excluding carboxylic acids is 2. The van der Waals surface area contributed by atoms with Crippen LogP contribution < -0.4 is 9.47 Å². The van der Waals surface area contributed by atoms with Crippen LogP contribution in [0.25, 0.3) is 5.76 Å². The van der Waals surface area contributed by atoms with E-state index in [0.717, 1.165) is 18.7 Å². The zero-order valence-electron chi connectivity index (χ0n) is 20.6. The van der Waals surface area contributed by atoms with Gasteiger partial charge in [-0.15, -0.1) is 0 Å². The van der Waals surface area contributed by atoms with Gasteiger partial charge in [0.15, 0.2) is 0 Å². The number of likely N-dealkylation sites (tertiary alicyclic amines) is 1. The first kappa shape index (κ1) is 25.3. The molecule has 0 aromatic heterocycles. The molecular weight excluding hydrogens is 432 g/mol. The maximum absolute atomic E-state index is 13.2. The van der Waals surface area contributed by atoms with E-state index >= 15 is 0 Å². The molecule has 1 heterocycles. The Hall–Kier alpha value is -3.32. The van der Waals surface area contributed by atoms with E-state index in [1.165, 1.54) is 0 Å². The van der Waals surface area contributed by atoms with Crippen LogP contribution in [-0.4, -0.2) is 66.0 Å². The second-order valence-electron chi connectivity index (χ2n) is 8.48. The molecule has 1 aliphatic heterocycles. The molecule has 0 aliphatic carbocycles. The van der Waals surface area contributed by atoms with Crippen molar-refractivity contribution in [3.8, 4) is 11.5 Å². The first-order valence-corrected chi connectivity index (χ1v) is 11.7. The number of ketones is 1. The fraction of sp³-hybridized carbons (Fsp3) is 0.407. The Labute approximate surface area is 201 Å². The van der Waals surface area contributed by atoms with Crippen molar-refractivity contribution in [2.24, 2.45) is 0 Å². The lowest BCUT2D eigenvalue weighted by Gasteiger charge is -2.28. The third-order valence-corrected chi connectivity index (χ3v) is 6.02. The molecule has 2 aromatic rings. The second-order valence-corrected chi connectivity index (χ2v) is 8.48. The third-order valence-electron chi connectivity index (χ3n) is 6.02. The number of amides is 1. The van der Waals surface area contributed by atoms with Crippen LogP contribution in [0.1, 0.15) is 44.9 Å². The molecule has 1 N–H and O–H groups in total. The number of nitrogens with zero attached hydrogens (tertiary/aromatic N) is 2. The van der Waals surface area contributed by atoms with Gasteiger partial charge in [0.25, 0.3) is 11.7 Å². The van der Waals surface area contributed by atoms with Crippen LogP contribution in [0, 0.1) is 0 Å². The van der Waals surface area contributed by atoms with Gasteiger partial charge in [-0.2, -0.15) is 0 Å². The summed E-state index contributed by atoms with van der Waals surface area (Å²) in [6.45, 7) is 10.7. The monoisotopic (exact) mass is 466 g/mol. The number of hydrogen-bond donors (Lipinski definition) is 1. The highest BCUT2D eigenvalue weighted by Crippen LogP contribution is 2.40. The highest BCUT2D eigenvalue weighted by Gasteiger charge is 2.46. The summed E-state index contributed by atoms with van der Waals surface area (Å²) in [6.07, 6.45) is 0.0284. The van der Waals surface area contributed by atoms with E-state index in [1.54, 1.807) is 36.3 Å². The molecule has 0 saturated carbocycles. The molecule has 3 rings (SSSR count). The van der Waals surface area contributed by atoms with Crippen molar-refractivity contribution in [1.82, 2.24) is 9.80 Å². The molecule has 1 aliphatic rings. The lowest BCUT2D eigenvalue weighted by Crippen LogP contribution is -2.38.